The van der Waals surface area contributed by atoms with Crippen LogP contribution in [-0.4, -0.2) is 21.0 Å². The van der Waals surface area contributed by atoms with Gasteiger partial charge in [0.2, 0.25) is 17.6 Å². The van der Waals surface area contributed by atoms with Crippen molar-refractivity contribution in [3.05, 3.63) is 29.9 Å². The van der Waals surface area contributed by atoms with Crippen LogP contribution in [0.2, 0.25) is 0 Å². The SMILES string of the molecule is CC(NC(=O)C1(C)CC1)c1nc(-c2ccnc(C(F)(F)F)c2)no1. The Labute approximate surface area is 135 Å². The van der Waals surface area contributed by atoms with Crippen molar-refractivity contribution in [3.8, 4) is 11.4 Å². The first-order valence-corrected chi connectivity index (χ1v) is 7.37. The number of carbonyl (C=O) groups excluding carboxylic acids is 1. The van der Waals surface area contributed by atoms with Gasteiger partial charge in [0.1, 0.15) is 11.7 Å². The van der Waals surface area contributed by atoms with E-state index >= 15 is 0 Å². The van der Waals surface area contributed by atoms with Crippen LogP contribution in [0.1, 0.15) is 44.3 Å². The fourth-order valence-electron chi connectivity index (χ4n) is 2.10. The van der Waals surface area contributed by atoms with Gasteiger partial charge in [-0.3, -0.25) is 9.78 Å². The predicted molar refractivity (Wildman–Crippen MR) is 76.4 cm³/mol. The van der Waals surface area contributed by atoms with Crippen LogP contribution in [0, 0.1) is 5.41 Å². The molecule has 1 saturated carbocycles. The molecule has 3 rings (SSSR count). The average Bonchev–Trinajstić information content (AvgIpc) is 3.10. The molecule has 0 saturated heterocycles. The minimum absolute atomic E-state index is 0.0108. The molecular weight excluding hydrogens is 325 g/mol. The van der Waals surface area contributed by atoms with E-state index in [1.807, 2.05) is 6.92 Å². The molecule has 1 atom stereocenters. The van der Waals surface area contributed by atoms with E-state index < -0.39 is 17.9 Å². The summed E-state index contributed by atoms with van der Waals surface area (Å²) in [6.45, 7) is 3.54. The van der Waals surface area contributed by atoms with Crippen molar-refractivity contribution in [2.45, 2.75) is 38.9 Å². The van der Waals surface area contributed by atoms with Gasteiger partial charge in [-0.15, -0.1) is 0 Å². The summed E-state index contributed by atoms with van der Waals surface area (Å²) in [5.74, 6) is 0.0441. The Bertz CT molecular complexity index is 768. The highest BCUT2D eigenvalue weighted by atomic mass is 19.4. The molecule has 6 nitrogen and oxygen atoms in total. The third-order valence-electron chi connectivity index (χ3n) is 4.02. The summed E-state index contributed by atoms with van der Waals surface area (Å²) >= 11 is 0. The molecule has 0 aromatic carbocycles. The normalized spacial score (nSPS) is 17.4. The summed E-state index contributed by atoms with van der Waals surface area (Å²) in [6.07, 6.45) is -1.85. The molecule has 2 heterocycles. The van der Waals surface area contributed by atoms with Crippen molar-refractivity contribution in [1.29, 1.82) is 0 Å². The van der Waals surface area contributed by atoms with Gasteiger partial charge < -0.3 is 9.84 Å². The van der Waals surface area contributed by atoms with Gasteiger partial charge in [0.05, 0.1) is 0 Å². The number of hydrogen-bond acceptors (Lipinski definition) is 5. The minimum Gasteiger partial charge on any atom is -0.344 e. The van der Waals surface area contributed by atoms with E-state index in [2.05, 4.69) is 20.4 Å². The van der Waals surface area contributed by atoms with Crippen molar-refractivity contribution in [1.82, 2.24) is 20.4 Å². The largest absolute Gasteiger partial charge is 0.433 e. The lowest BCUT2D eigenvalue weighted by Crippen LogP contribution is -2.32. The Kier molecular flexibility index (Phi) is 3.81. The second kappa shape index (κ2) is 5.57. The molecule has 0 bridgehead atoms. The van der Waals surface area contributed by atoms with Crippen LogP contribution < -0.4 is 5.32 Å². The van der Waals surface area contributed by atoms with Gasteiger partial charge in [-0.05, 0) is 31.9 Å². The fraction of sp³-hybridized carbons (Fsp3) is 0.467. The molecule has 1 amide bonds. The molecule has 0 radical (unpaired) electrons. The van der Waals surface area contributed by atoms with Crippen LogP contribution in [0.5, 0.6) is 0 Å². The number of aromatic nitrogens is 3. The smallest absolute Gasteiger partial charge is 0.344 e. The Hall–Kier alpha value is -2.45. The van der Waals surface area contributed by atoms with Crippen LogP contribution >= 0.6 is 0 Å². The Morgan fingerprint density at radius 2 is 2.12 bits per heavy atom. The highest BCUT2D eigenvalue weighted by Gasteiger charge is 2.45. The van der Waals surface area contributed by atoms with Gasteiger partial charge >= 0.3 is 6.18 Å². The zero-order chi connectivity index (χ0) is 17.5. The highest BCUT2D eigenvalue weighted by molar-refractivity contribution is 5.85. The maximum atomic E-state index is 12.7. The summed E-state index contributed by atoms with van der Waals surface area (Å²) < 4.78 is 43.2. The minimum atomic E-state index is -4.55. The fourth-order valence-corrected chi connectivity index (χ4v) is 2.10. The van der Waals surface area contributed by atoms with E-state index in [1.165, 1.54) is 6.07 Å². The first-order chi connectivity index (χ1) is 11.2. The van der Waals surface area contributed by atoms with Gasteiger partial charge in [0.25, 0.3) is 0 Å². The van der Waals surface area contributed by atoms with E-state index in [0.717, 1.165) is 25.1 Å². The second-order valence-corrected chi connectivity index (χ2v) is 6.14. The summed E-state index contributed by atoms with van der Waals surface area (Å²) in [4.78, 5) is 19.4. The van der Waals surface area contributed by atoms with E-state index in [-0.39, 0.29) is 28.6 Å². The second-order valence-electron chi connectivity index (χ2n) is 6.14. The zero-order valence-electron chi connectivity index (χ0n) is 13.0. The molecule has 1 fully saturated rings. The topological polar surface area (TPSA) is 80.9 Å². The number of carbonyl (C=O) groups is 1. The number of hydrogen-bond donors (Lipinski definition) is 1. The average molecular weight is 340 g/mol. The number of nitrogens with one attached hydrogen (secondary N) is 1. The Morgan fingerprint density at radius 1 is 1.42 bits per heavy atom. The molecule has 1 aliphatic rings. The molecule has 24 heavy (non-hydrogen) atoms. The molecule has 128 valence electrons. The summed E-state index contributed by atoms with van der Waals surface area (Å²) in [6, 6.07) is 1.68. The number of alkyl halides is 3. The van der Waals surface area contributed by atoms with Crippen molar-refractivity contribution >= 4 is 5.91 Å². The monoisotopic (exact) mass is 340 g/mol. The van der Waals surface area contributed by atoms with Crippen LogP contribution in [0.25, 0.3) is 11.4 Å². The quantitative estimate of drug-likeness (QED) is 0.925. The number of nitrogens with zero attached hydrogens (tertiary/aromatic N) is 3. The maximum Gasteiger partial charge on any atom is 0.433 e. The lowest BCUT2D eigenvalue weighted by Gasteiger charge is -2.13. The third-order valence-corrected chi connectivity index (χ3v) is 4.02. The molecular formula is C15H15F3N4O2. The molecule has 2 aromatic rings. The van der Waals surface area contributed by atoms with Crippen LogP contribution in [-0.2, 0) is 11.0 Å². The number of halogens is 3. The lowest BCUT2D eigenvalue weighted by atomic mass is 10.1. The zero-order valence-corrected chi connectivity index (χ0v) is 13.0. The van der Waals surface area contributed by atoms with Gasteiger partial charge in [0.15, 0.2) is 0 Å². The van der Waals surface area contributed by atoms with Crippen LogP contribution in [0.4, 0.5) is 13.2 Å². The molecule has 1 N–H and O–H groups in total. The first kappa shape index (κ1) is 16.4. The first-order valence-electron chi connectivity index (χ1n) is 7.37. The van der Waals surface area contributed by atoms with Gasteiger partial charge in [-0.25, -0.2) is 0 Å². The van der Waals surface area contributed by atoms with Crippen LogP contribution in [0.3, 0.4) is 0 Å². The number of amides is 1. The molecule has 0 spiro atoms. The Balaban J connectivity index is 1.77. The van der Waals surface area contributed by atoms with E-state index in [4.69, 9.17) is 4.52 Å². The van der Waals surface area contributed by atoms with E-state index in [9.17, 15) is 18.0 Å². The number of rotatable bonds is 4. The van der Waals surface area contributed by atoms with Crippen LogP contribution in [0.15, 0.2) is 22.9 Å². The summed E-state index contributed by atoms with van der Waals surface area (Å²) in [5, 5.41) is 6.45. The predicted octanol–water partition coefficient (Wildman–Crippen LogP) is 3.13. The number of pyridine rings is 1. The van der Waals surface area contributed by atoms with Crippen molar-refractivity contribution in [2.24, 2.45) is 5.41 Å². The maximum absolute atomic E-state index is 12.7. The molecule has 1 unspecified atom stereocenters. The lowest BCUT2D eigenvalue weighted by molar-refractivity contribution is -0.141. The van der Waals surface area contributed by atoms with E-state index in [0.29, 0.717) is 0 Å². The Morgan fingerprint density at radius 3 is 2.75 bits per heavy atom. The molecule has 1 aliphatic carbocycles. The van der Waals surface area contributed by atoms with Crippen molar-refractivity contribution in [2.75, 3.05) is 0 Å². The van der Waals surface area contributed by atoms with Gasteiger partial charge in [0, 0.05) is 17.2 Å². The molecule has 9 heteroatoms. The van der Waals surface area contributed by atoms with E-state index in [1.54, 1.807) is 6.92 Å². The molecule has 2 aromatic heterocycles. The summed E-state index contributed by atoms with van der Waals surface area (Å²) in [5.41, 5.74) is -1.24. The summed E-state index contributed by atoms with van der Waals surface area (Å²) in [7, 11) is 0. The van der Waals surface area contributed by atoms with Gasteiger partial charge in [-0.1, -0.05) is 12.1 Å². The van der Waals surface area contributed by atoms with Crippen molar-refractivity contribution < 1.29 is 22.5 Å². The molecule has 0 aliphatic heterocycles. The third kappa shape index (κ3) is 3.24. The van der Waals surface area contributed by atoms with Gasteiger partial charge in [-0.2, -0.15) is 18.2 Å². The highest BCUT2D eigenvalue weighted by Crippen LogP contribution is 2.45. The van der Waals surface area contributed by atoms with Crippen molar-refractivity contribution in [3.63, 3.8) is 0 Å². The standard InChI is InChI=1S/C15H15F3N4O2/c1-8(20-13(23)14(2)4-5-14)12-21-11(22-24-12)9-3-6-19-10(7-9)15(16,17)18/h3,6-8H,4-5H2,1-2H3,(H,20,23).